The summed E-state index contributed by atoms with van der Waals surface area (Å²) in [7, 11) is 0. The number of benzene rings is 1. The van der Waals surface area contributed by atoms with Gasteiger partial charge in [0, 0.05) is 6.42 Å². The lowest BCUT2D eigenvalue weighted by atomic mass is 10.1. The normalized spacial score (nSPS) is 12.8. The van der Waals surface area contributed by atoms with Gasteiger partial charge in [0.2, 0.25) is 0 Å². The second kappa shape index (κ2) is 5.20. The molecule has 14 heavy (non-hydrogen) atoms. The van der Waals surface area contributed by atoms with Crippen molar-refractivity contribution in [2.75, 3.05) is 0 Å². The average molecular weight is 234 g/mol. The van der Waals surface area contributed by atoms with Crippen molar-refractivity contribution in [1.29, 1.82) is 0 Å². The van der Waals surface area contributed by atoms with E-state index in [9.17, 15) is 4.79 Å². The number of hydrogen-bond acceptors (Lipinski definition) is 2. The van der Waals surface area contributed by atoms with Gasteiger partial charge in [-0.2, -0.15) is 0 Å². The Bertz CT molecular complexity index is 303. The Morgan fingerprint density at radius 3 is 2.36 bits per heavy atom. The summed E-state index contributed by atoms with van der Waals surface area (Å²) < 4.78 is 0.662. The zero-order chi connectivity index (χ0) is 10.6. The third-order valence-electron chi connectivity index (χ3n) is 1.79. The zero-order valence-electron chi connectivity index (χ0n) is 7.23. The predicted molar refractivity (Wildman–Crippen MR) is 55.1 cm³/mol. The molecule has 76 valence electrons. The molecule has 0 aliphatic heterocycles. The van der Waals surface area contributed by atoms with Gasteiger partial charge >= 0.3 is 5.97 Å². The number of rotatable bonds is 4. The minimum atomic E-state index is -1.04. The molecule has 0 aliphatic carbocycles. The monoisotopic (exact) mass is 233 g/mol. The van der Waals surface area contributed by atoms with Gasteiger partial charge in [-0.05, 0) is 29.1 Å². The molecule has 0 amide bonds. The third kappa shape index (κ3) is 3.18. The highest BCUT2D eigenvalue weighted by Gasteiger charge is 2.23. The summed E-state index contributed by atoms with van der Waals surface area (Å²) in [6, 6.07) is 8.27. The molecule has 1 aromatic rings. The van der Waals surface area contributed by atoms with Gasteiger partial charge in [0.15, 0.2) is 0 Å². The molecule has 3 nitrogen and oxygen atoms in total. The number of halogens is 2. The second-order valence-electron chi connectivity index (χ2n) is 2.80. The summed E-state index contributed by atoms with van der Waals surface area (Å²) >= 11 is 10.8. The van der Waals surface area contributed by atoms with Crippen molar-refractivity contribution in [2.24, 2.45) is 0 Å². The summed E-state index contributed by atoms with van der Waals surface area (Å²) in [6.45, 7) is 0. The number of aliphatic carboxylic acids is 1. The Balaban J connectivity index is 2.70. The lowest BCUT2D eigenvalue weighted by Gasteiger charge is -2.14. The third-order valence-corrected chi connectivity index (χ3v) is 2.26. The minimum Gasteiger partial charge on any atom is -0.480 e. The van der Waals surface area contributed by atoms with E-state index in [0.717, 1.165) is 5.56 Å². The van der Waals surface area contributed by atoms with Crippen molar-refractivity contribution in [2.45, 2.75) is 12.5 Å². The van der Waals surface area contributed by atoms with Gasteiger partial charge in [0.05, 0.1) is 0 Å². The van der Waals surface area contributed by atoms with Crippen LogP contribution in [0.3, 0.4) is 0 Å². The van der Waals surface area contributed by atoms with Crippen LogP contribution in [0, 0.1) is 0 Å². The lowest BCUT2D eigenvalue weighted by molar-refractivity contribution is -0.140. The molecule has 1 rings (SSSR count). The molecule has 1 aromatic carbocycles. The number of carboxylic acid groups (broad SMARTS) is 1. The molecule has 0 saturated heterocycles. The summed E-state index contributed by atoms with van der Waals surface area (Å²) in [6.07, 6.45) is 0.281. The van der Waals surface area contributed by atoms with E-state index in [2.05, 4.69) is 0 Å². The summed E-state index contributed by atoms with van der Waals surface area (Å²) in [4.78, 5) is 10.7. The molecule has 1 unspecified atom stereocenters. The van der Waals surface area contributed by atoms with E-state index in [0.29, 0.717) is 3.94 Å². The predicted octanol–water partition coefficient (Wildman–Crippen LogP) is 2.29. The highest BCUT2D eigenvalue weighted by molar-refractivity contribution is 6.34. The van der Waals surface area contributed by atoms with E-state index in [1.54, 1.807) is 0 Å². The molecule has 0 radical (unpaired) electrons. The molecule has 1 atom stereocenters. The smallest absolute Gasteiger partial charge is 0.324 e. The first-order chi connectivity index (χ1) is 6.61. The molecule has 0 heterocycles. The fourth-order valence-corrected chi connectivity index (χ4v) is 1.38. The van der Waals surface area contributed by atoms with Gasteiger partial charge in [0.25, 0.3) is 0 Å². The minimum absolute atomic E-state index is 0.281. The molecule has 5 heteroatoms. The second-order valence-corrected chi connectivity index (χ2v) is 3.70. The first kappa shape index (κ1) is 11.3. The van der Waals surface area contributed by atoms with Crippen molar-refractivity contribution in [1.82, 2.24) is 3.94 Å². The van der Waals surface area contributed by atoms with Crippen LogP contribution in [0.25, 0.3) is 0 Å². The van der Waals surface area contributed by atoms with Gasteiger partial charge in [0.1, 0.15) is 6.04 Å². The fourth-order valence-electron chi connectivity index (χ4n) is 1.08. The number of hydrogen-bond donors (Lipinski definition) is 1. The molecule has 0 aromatic heterocycles. The van der Waals surface area contributed by atoms with Gasteiger partial charge < -0.3 is 5.11 Å². The van der Waals surface area contributed by atoms with E-state index in [1.807, 2.05) is 30.3 Å². The molecule has 0 spiro atoms. The fraction of sp³-hybridized carbons (Fsp3) is 0.222. The maximum Gasteiger partial charge on any atom is 0.324 e. The maximum atomic E-state index is 10.7. The van der Waals surface area contributed by atoms with Crippen molar-refractivity contribution < 1.29 is 9.90 Å². The van der Waals surface area contributed by atoms with Crippen LogP contribution >= 0.6 is 23.6 Å². The van der Waals surface area contributed by atoms with Crippen LogP contribution in [-0.4, -0.2) is 21.1 Å². The SMILES string of the molecule is O=C(O)C(Cc1ccccc1)N(Cl)Cl. The lowest BCUT2D eigenvalue weighted by Crippen LogP contribution is -2.31. The summed E-state index contributed by atoms with van der Waals surface area (Å²) in [5, 5.41) is 8.79. The van der Waals surface area contributed by atoms with Crippen molar-refractivity contribution >= 4 is 29.5 Å². The standard InChI is InChI=1S/C9H9Cl2NO2/c10-12(11)8(9(13)14)6-7-4-2-1-3-5-7/h1-5,8H,6H2,(H,13,14). The summed E-state index contributed by atoms with van der Waals surface area (Å²) in [5.74, 6) is -1.04. The van der Waals surface area contributed by atoms with Gasteiger partial charge in [-0.15, -0.1) is 3.94 Å². The highest BCUT2D eigenvalue weighted by atomic mass is 35.5. The topological polar surface area (TPSA) is 40.5 Å². The van der Waals surface area contributed by atoms with Crippen LogP contribution in [0.1, 0.15) is 5.56 Å². The van der Waals surface area contributed by atoms with E-state index in [1.165, 1.54) is 0 Å². The van der Waals surface area contributed by atoms with Crippen LogP contribution in [0.2, 0.25) is 0 Å². The Morgan fingerprint density at radius 2 is 1.93 bits per heavy atom. The Kier molecular flexibility index (Phi) is 4.20. The summed E-state index contributed by atoms with van der Waals surface area (Å²) in [5.41, 5.74) is 0.881. The number of nitrogens with zero attached hydrogens (tertiary/aromatic N) is 1. The molecule has 0 bridgehead atoms. The Hall–Kier alpha value is -0.770. The number of carbonyl (C=O) groups is 1. The first-order valence-electron chi connectivity index (χ1n) is 3.99. The van der Waals surface area contributed by atoms with Crippen LogP contribution in [0.5, 0.6) is 0 Å². The van der Waals surface area contributed by atoms with Crippen molar-refractivity contribution in [3.63, 3.8) is 0 Å². The van der Waals surface area contributed by atoms with Crippen molar-refractivity contribution in [3.05, 3.63) is 35.9 Å². The first-order valence-corrected chi connectivity index (χ1v) is 4.66. The highest BCUT2D eigenvalue weighted by Crippen LogP contribution is 2.13. The van der Waals surface area contributed by atoms with E-state index >= 15 is 0 Å². The van der Waals surface area contributed by atoms with E-state index in [-0.39, 0.29) is 6.42 Å². The quantitative estimate of drug-likeness (QED) is 0.812. The maximum absolute atomic E-state index is 10.7. The van der Waals surface area contributed by atoms with Crippen LogP contribution in [-0.2, 0) is 11.2 Å². The zero-order valence-corrected chi connectivity index (χ0v) is 8.74. The Labute approximate surface area is 92.1 Å². The molecular weight excluding hydrogens is 225 g/mol. The van der Waals surface area contributed by atoms with Crippen LogP contribution in [0.15, 0.2) is 30.3 Å². The average Bonchev–Trinajstić information content (AvgIpc) is 2.15. The van der Waals surface area contributed by atoms with Crippen molar-refractivity contribution in [3.8, 4) is 0 Å². The molecular formula is C9H9Cl2NO2. The molecule has 0 saturated carbocycles. The van der Waals surface area contributed by atoms with Crippen LogP contribution in [0.4, 0.5) is 0 Å². The molecule has 1 N–H and O–H groups in total. The van der Waals surface area contributed by atoms with Gasteiger partial charge in [-0.3, -0.25) is 4.79 Å². The van der Waals surface area contributed by atoms with E-state index < -0.39 is 12.0 Å². The number of carboxylic acids is 1. The molecule has 0 fully saturated rings. The van der Waals surface area contributed by atoms with Gasteiger partial charge in [-0.1, -0.05) is 30.3 Å². The van der Waals surface area contributed by atoms with Gasteiger partial charge in [-0.25, -0.2) is 0 Å². The largest absolute Gasteiger partial charge is 0.480 e. The molecule has 0 aliphatic rings. The van der Waals surface area contributed by atoms with Crippen LogP contribution < -0.4 is 0 Å². The Morgan fingerprint density at radius 1 is 1.36 bits per heavy atom. The van der Waals surface area contributed by atoms with E-state index in [4.69, 9.17) is 28.7 Å².